The Hall–Kier alpha value is -4.46. The van der Waals surface area contributed by atoms with Crippen LogP contribution in [0.2, 0.25) is 0 Å². The van der Waals surface area contributed by atoms with E-state index in [-0.39, 0.29) is 47.1 Å². The summed E-state index contributed by atoms with van der Waals surface area (Å²) in [5, 5.41) is 10.5. The maximum absolute atomic E-state index is 13.9. The Morgan fingerprint density at radius 2 is 1.59 bits per heavy atom. The van der Waals surface area contributed by atoms with Crippen molar-refractivity contribution in [3.05, 3.63) is 82.5 Å². The first-order valence-electron chi connectivity index (χ1n) is 12.8. The number of phenols is 1. The third-order valence-electron chi connectivity index (χ3n) is 8.41. The van der Waals surface area contributed by atoms with E-state index in [0.29, 0.717) is 34.4 Å². The van der Waals surface area contributed by atoms with Gasteiger partial charge in [-0.05, 0) is 61.6 Å². The zero-order valence-corrected chi connectivity index (χ0v) is 21.8. The first-order valence-corrected chi connectivity index (χ1v) is 12.8. The minimum Gasteiger partial charge on any atom is -0.502 e. The number of aromatic hydroxyl groups is 1. The van der Waals surface area contributed by atoms with E-state index in [9.17, 15) is 24.3 Å². The van der Waals surface area contributed by atoms with Crippen molar-refractivity contribution in [1.82, 2.24) is 0 Å². The quantitative estimate of drug-likeness (QED) is 0.364. The van der Waals surface area contributed by atoms with E-state index >= 15 is 0 Å². The number of carbonyl (C=O) groups is 4. The highest BCUT2D eigenvalue weighted by atomic mass is 16.5. The number of carbonyl (C=O) groups excluding carboxylic acids is 4. The third-order valence-corrected chi connectivity index (χ3v) is 8.41. The molecule has 0 unspecified atom stereocenters. The van der Waals surface area contributed by atoms with Crippen LogP contribution in [0, 0.1) is 17.8 Å². The van der Waals surface area contributed by atoms with Crippen molar-refractivity contribution >= 4 is 29.1 Å². The predicted octanol–water partition coefficient (Wildman–Crippen LogP) is 4.04. The number of nitrogens with zero attached hydrogens (tertiary/aromatic N) is 1. The Balaban J connectivity index is 1.53. The molecule has 0 radical (unpaired) electrons. The standard InChI is InChI=1S/C31H27NO7/c1-15-11-22(33)27-21(28(15)34)14-20-18(25(27)16-12-23(38-2)29(35)24(13-16)39-3)9-10-19-26(20)31(37)32(30(19)36)17-7-5-4-6-8-17/h4-9,11-13,19-20,25-26,35H,10,14H2,1-3H3/t19-,20+,25-,26-/m0/s1. The molecule has 2 amide bonds. The first-order chi connectivity index (χ1) is 18.8. The van der Waals surface area contributed by atoms with Crippen LogP contribution in [0.1, 0.15) is 31.2 Å². The highest BCUT2D eigenvalue weighted by molar-refractivity contribution is 6.25. The molecule has 1 N–H and O–H groups in total. The summed E-state index contributed by atoms with van der Waals surface area (Å²) in [5.41, 5.74) is 3.00. The number of allylic oxidation sites excluding steroid dienone is 6. The Labute approximate surface area is 225 Å². The molecular weight excluding hydrogens is 498 g/mol. The number of benzene rings is 2. The summed E-state index contributed by atoms with van der Waals surface area (Å²) < 4.78 is 10.8. The van der Waals surface area contributed by atoms with Gasteiger partial charge in [-0.3, -0.25) is 24.1 Å². The minimum atomic E-state index is -0.669. The molecule has 2 aromatic carbocycles. The second kappa shape index (κ2) is 9.08. The Kier molecular flexibility index (Phi) is 5.79. The smallest absolute Gasteiger partial charge is 0.238 e. The number of rotatable bonds is 4. The summed E-state index contributed by atoms with van der Waals surface area (Å²) in [6.07, 6.45) is 3.85. The Morgan fingerprint density at radius 3 is 2.23 bits per heavy atom. The van der Waals surface area contributed by atoms with Crippen molar-refractivity contribution < 1.29 is 33.8 Å². The average molecular weight is 526 g/mol. The average Bonchev–Trinajstić information content (AvgIpc) is 3.20. The summed E-state index contributed by atoms with van der Waals surface area (Å²) >= 11 is 0. The molecule has 2 aromatic rings. The largest absolute Gasteiger partial charge is 0.502 e. The summed E-state index contributed by atoms with van der Waals surface area (Å²) in [6.45, 7) is 1.61. The summed E-state index contributed by atoms with van der Waals surface area (Å²) in [7, 11) is 2.83. The number of amides is 2. The number of phenolic OH excluding ortho intramolecular Hbond substituents is 1. The van der Waals surface area contributed by atoms with E-state index in [4.69, 9.17) is 9.47 Å². The van der Waals surface area contributed by atoms with Crippen molar-refractivity contribution in [2.45, 2.75) is 25.7 Å². The highest BCUT2D eigenvalue weighted by Crippen LogP contribution is 2.56. The maximum atomic E-state index is 13.9. The molecule has 0 bridgehead atoms. The molecule has 198 valence electrons. The topological polar surface area (TPSA) is 110 Å². The number of ketones is 2. The van der Waals surface area contributed by atoms with Crippen LogP contribution in [0.5, 0.6) is 17.2 Å². The van der Waals surface area contributed by atoms with Crippen molar-refractivity contribution in [1.29, 1.82) is 0 Å². The second-order valence-electron chi connectivity index (χ2n) is 10.4. The fourth-order valence-electron chi connectivity index (χ4n) is 6.67. The van der Waals surface area contributed by atoms with Crippen LogP contribution in [0.4, 0.5) is 5.69 Å². The van der Waals surface area contributed by atoms with Crippen LogP contribution in [-0.2, 0) is 19.2 Å². The molecule has 1 fully saturated rings. The Bertz CT molecular complexity index is 1520. The number of Topliss-reactive ketones (excluding diaryl/α,β-unsaturated/α-hetero) is 1. The van der Waals surface area contributed by atoms with Gasteiger partial charge in [0.25, 0.3) is 0 Å². The lowest BCUT2D eigenvalue weighted by Gasteiger charge is -2.42. The zero-order chi connectivity index (χ0) is 27.6. The number of hydrogen-bond acceptors (Lipinski definition) is 7. The van der Waals surface area contributed by atoms with Crippen molar-refractivity contribution in [3.8, 4) is 17.2 Å². The molecule has 6 rings (SSSR count). The van der Waals surface area contributed by atoms with Crippen LogP contribution in [0.3, 0.4) is 0 Å². The molecule has 3 aliphatic carbocycles. The number of methoxy groups -OCH3 is 2. The molecule has 0 saturated carbocycles. The molecule has 4 aliphatic rings. The van der Waals surface area contributed by atoms with E-state index in [1.807, 2.05) is 12.1 Å². The van der Waals surface area contributed by atoms with Gasteiger partial charge < -0.3 is 14.6 Å². The summed E-state index contributed by atoms with van der Waals surface area (Å²) in [6, 6.07) is 12.1. The monoisotopic (exact) mass is 525 g/mol. The molecule has 4 atom stereocenters. The number of imide groups is 1. The Morgan fingerprint density at radius 1 is 0.923 bits per heavy atom. The highest BCUT2D eigenvalue weighted by Gasteiger charge is 2.56. The molecule has 1 heterocycles. The maximum Gasteiger partial charge on any atom is 0.238 e. The van der Waals surface area contributed by atoms with Gasteiger partial charge in [0, 0.05) is 22.6 Å². The molecule has 0 spiro atoms. The van der Waals surface area contributed by atoms with E-state index in [1.165, 1.54) is 25.2 Å². The normalized spacial score (nSPS) is 26.1. The number of anilines is 1. The summed E-state index contributed by atoms with van der Waals surface area (Å²) in [5.74, 6) is -3.24. The van der Waals surface area contributed by atoms with Crippen molar-refractivity contribution in [3.63, 3.8) is 0 Å². The molecule has 1 aliphatic heterocycles. The van der Waals surface area contributed by atoms with E-state index in [0.717, 1.165) is 5.57 Å². The number of hydrogen-bond donors (Lipinski definition) is 1. The van der Waals surface area contributed by atoms with Crippen LogP contribution >= 0.6 is 0 Å². The molecule has 8 nitrogen and oxygen atoms in total. The van der Waals surface area contributed by atoms with Gasteiger partial charge in [-0.1, -0.05) is 29.8 Å². The van der Waals surface area contributed by atoms with Crippen LogP contribution < -0.4 is 14.4 Å². The lowest BCUT2D eigenvalue weighted by atomic mass is 9.59. The first kappa shape index (κ1) is 24.9. The predicted molar refractivity (Wildman–Crippen MR) is 141 cm³/mol. The third kappa shape index (κ3) is 3.58. The molecule has 0 aromatic heterocycles. The van der Waals surface area contributed by atoms with E-state index in [2.05, 4.69) is 0 Å². The lowest BCUT2D eigenvalue weighted by molar-refractivity contribution is -0.123. The minimum absolute atomic E-state index is 0.159. The number of fused-ring (bicyclic) bond motifs is 3. The van der Waals surface area contributed by atoms with Gasteiger partial charge in [-0.25, -0.2) is 0 Å². The van der Waals surface area contributed by atoms with Crippen LogP contribution in [-0.4, -0.2) is 42.7 Å². The zero-order valence-electron chi connectivity index (χ0n) is 21.8. The fraction of sp³-hybridized carbons (Fsp3) is 0.290. The SMILES string of the molecule is COc1cc([C@H]2C3=CC[C@@H]4C(=O)N(c5ccccc5)C(=O)[C@@H]4[C@@H]3CC3=C2C(=O)C=C(C)C3=O)cc(OC)c1O. The number of para-hydroxylation sites is 1. The molecular formula is C31H27NO7. The summed E-state index contributed by atoms with van der Waals surface area (Å²) in [4.78, 5) is 55.5. The fourth-order valence-corrected chi connectivity index (χ4v) is 6.67. The number of ether oxygens (including phenoxy) is 2. The van der Waals surface area contributed by atoms with Crippen LogP contribution in [0.25, 0.3) is 0 Å². The van der Waals surface area contributed by atoms with Gasteiger partial charge >= 0.3 is 0 Å². The van der Waals surface area contributed by atoms with Crippen molar-refractivity contribution in [2.24, 2.45) is 17.8 Å². The van der Waals surface area contributed by atoms with E-state index < -0.39 is 23.7 Å². The van der Waals surface area contributed by atoms with Gasteiger partial charge in [-0.15, -0.1) is 0 Å². The van der Waals surface area contributed by atoms with Gasteiger partial charge in [0.2, 0.25) is 17.6 Å². The lowest BCUT2D eigenvalue weighted by Crippen LogP contribution is -2.39. The van der Waals surface area contributed by atoms with Gasteiger partial charge in [-0.2, -0.15) is 0 Å². The van der Waals surface area contributed by atoms with Gasteiger partial charge in [0.15, 0.2) is 23.1 Å². The van der Waals surface area contributed by atoms with E-state index in [1.54, 1.807) is 43.3 Å². The van der Waals surface area contributed by atoms with Gasteiger partial charge in [0.1, 0.15) is 0 Å². The second-order valence-corrected chi connectivity index (χ2v) is 10.4. The molecule has 8 heteroatoms. The van der Waals surface area contributed by atoms with Crippen molar-refractivity contribution in [2.75, 3.05) is 19.1 Å². The molecule has 39 heavy (non-hydrogen) atoms. The molecule has 1 saturated heterocycles. The van der Waals surface area contributed by atoms with Gasteiger partial charge in [0.05, 0.1) is 31.7 Å². The van der Waals surface area contributed by atoms with Crippen LogP contribution in [0.15, 0.2) is 76.9 Å².